The minimum Gasteiger partial charge on any atom is -0.478 e. The molecule has 0 saturated carbocycles. The Morgan fingerprint density at radius 3 is 3.11 bits per heavy atom. The molecular formula is C13H12N2O2S. The lowest BCUT2D eigenvalue weighted by Gasteiger charge is -2.18. The van der Waals surface area contributed by atoms with Crippen LogP contribution < -0.4 is 4.90 Å². The third-order valence-electron chi connectivity index (χ3n) is 3.15. The SMILES string of the molecule is O=C(O)c1ccc2c(c1)CCN2Cc1cncs1. The van der Waals surface area contributed by atoms with Gasteiger partial charge in [0.2, 0.25) is 0 Å². The molecule has 1 N–H and O–H groups in total. The summed E-state index contributed by atoms with van der Waals surface area (Å²) in [6, 6.07) is 5.36. The maximum Gasteiger partial charge on any atom is 0.335 e. The summed E-state index contributed by atoms with van der Waals surface area (Å²) in [5.74, 6) is -0.862. The van der Waals surface area contributed by atoms with Crippen molar-refractivity contribution in [1.29, 1.82) is 0 Å². The van der Waals surface area contributed by atoms with Crippen molar-refractivity contribution < 1.29 is 9.90 Å². The van der Waals surface area contributed by atoms with Crippen LogP contribution in [0.3, 0.4) is 0 Å². The highest BCUT2D eigenvalue weighted by atomic mass is 32.1. The van der Waals surface area contributed by atoms with Gasteiger partial charge in [-0.3, -0.25) is 4.98 Å². The van der Waals surface area contributed by atoms with Crippen molar-refractivity contribution in [2.75, 3.05) is 11.4 Å². The Morgan fingerprint density at radius 1 is 1.50 bits per heavy atom. The molecule has 1 aliphatic rings. The Morgan fingerprint density at radius 2 is 2.39 bits per heavy atom. The maximum atomic E-state index is 10.9. The van der Waals surface area contributed by atoms with E-state index in [0.29, 0.717) is 5.56 Å². The van der Waals surface area contributed by atoms with Gasteiger partial charge in [0, 0.05) is 23.3 Å². The summed E-state index contributed by atoms with van der Waals surface area (Å²) in [5.41, 5.74) is 4.47. The summed E-state index contributed by atoms with van der Waals surface area (Å²) in [6.07, 6.45) is 2.80. The summed E-state index contributed by atoms with van der Waals surface area (Å²) >= 11 is 1.65. The summed E-state index contributed by atoms with van der Waals surface area (Å²) in [7, 11) is 0. The summed E-state index contributed by atoms with van der Waals surface area (Å²) in [6.45, 7) is 1.79. The molecule has 18 heavy (non-hydrogen) atoms. The van der Waals surface area contributed by atoms with Crippen molar-refractivity contribution in [2.45, 2.75) is 13.0 Å². The molecule has 0 bridgehead atoms. The molecule has 0 unspecified atom stereocenters. The second-order valence-corrected chi connectivity index (χ2v) is 5.26. The minimum absolute atomic E-state index is 0.369. The standard InChI is InChI=1S/C13H12N2O2S/c16-13(17)10-1-2-12-9(5-10)3-4-15(12)7-11-6-14-8-18-11/h1-2,5-6,8H,3-4,7H2,(H,16,17). The first-order valence-corrected chi connectivity index (χ1v) is 6.60. The number of hydrogen-bond donors (Lipinski definition) is 1. The molecule has 2 aromatic rings. The second-order valence-electron chi connectivity index (χ2n) is 4.29. The van der Waals surface area contributed by atoms with Crippen molar-refractivity contribution in [1.82, 2.24) is 4.98 Å². The Balaban J connectivity index is 1.86. The highest BCUT2D eigenvalue weighted by molar-refractivity contribution is 7.09. The first kappa shape index (κ1) is 11.2. The zero-order chi connectivity index (χ0) is 12.5. The smallest absolute Gasteiger partial charge is 0.335 e. The molecule has 3 rings (SSSR count). The fraction of sp³-hybridized carbons (Fsp3) is 0.231. The molecule has 0 saturated heterocycles. The molecular weight excluding hydrogens is 248 g/mol. The van der Waals surface area contributed by atoms with Crippen molar-refractivity contribution >= 4 is 23.0 Å². The Bertz CT molecular complexity index is 581. The minimum atomic E-state index is -0.862. The zero-order valence-corrected chi connectivity index (χ0v) is 10.5. The summed E-state index contributed by atoms with van der Waals surface area (Å²) in [5, 5.41) is 8.97. The van der Waals surface area contributed by atoms with E-state index in [-0.39, 0.29) is 0 Å². The summed E-state index contributed by atoms with van der Waals surface area (Å²) < 4.78 is 0. The maximum absolute atomic E-state index is 10.9. The molecule has 4 nitrogen and oxygen atoms in total. The van der Waals surface area contributed by atoms with E-state index in [1.165, 1.54) is 4.88 Å². The van der Waals surface area contributed by atoms with Crippen LogP contribution in [0.4, 0.5) is 5.69 Å². The van der Waals surface area contributed by atoms with Crippen LogP contribution in [0, 0.1) is 0 Å². The van der Waals surface area contributed by atoms with Crippen LogP contribution in [0.25, 0.3) is 0 Å². The molecule has 1 aromatic carbocycles. The molecule has 2 heterocycles. The largest absolute Gasteiger partial charge is 0.478 e. The number of thiazole rings is 1. The number of benzene rings is 1. The number of aromatic nitrogens is 1. The quantitative estimate of drug-likeness (QED) is 0.920. The average molecular weight is 260 g/mol. The van der Waals surface area contributed by atoms with Gasteiger partial charge in [-0.1, -0.05) is 0 Å². The number of anilines is 1. The third-order valence-corrected chi connectivity index (χ3v) is 3.91. The van der Waals surface area contributed by atoms with Gasteiger partial charge in [0.1, 0.15) is 0 Å². The van der Waals surface area contributed by atoms with Gasteiger partial charge >= 0.3 is 5.97 Å². The number of nitrogens with zero attached hydrogens (tertiary/aromatic N) is 2. The molecule has 0 atom stereocenters. The monoisotopic (exact) mass is 260 g/mol. The first-order chi connectivity index (χ1) is 8.74. The number of fused-ring (bicyclic) bond motifs is 1. The van der Waals surface area contributed by atoms with Crippen LogP contribution in [0.15, 0.2) is 29.9 Å². The van der Waals surface area contributed by atoms with E-state index in [1.807, 2.05) is 17.8 Å². The van der Waals surface area contributed by atoms with Crippen LogP contribution in [0.1, 0.15) is 20.8 Å². The van der Waals surface area contributed by atoms with Gasteiger partial charge in [0.15, 0.2) is 0 Å². The Labute approximate surface area is 109 Å². The molecule has 1 aromatic heterocycles. The average Bonchev–Trinajstić information content (AvgIpc) is 2.99. The lowest BCUT2D eigenvalue weighted by atomic mass is 10.1. The number of carboxylic acid groups (broad SMARTS) is 1. The van der Waals surface area contributed by atoms with Gasteiger partial charge < -0.3 is 10.0 Å². The van der Waals surface area contributed by atoms with E-state index in [1.54, 1.807) is 23.5 Å². The zero-order valence-electron chi connectivity index (χ0n) is 9.67. The third kappa shape index (κ3) is 1.97. The fourth-order valence-electron chi connectivity index (χ4n) is 2.28. The molecule has 0 fully saturated rings. The molecule has 0 radical (unpaired) electrons. The number of hydrogen-bond acceptors (Lipinski definition) is 4. The molecule has 0 aliphatic carbocycles. The molecule has 0 spiro atoms. The van der Waals surface area contributed by atoms with Crippen molar-refractivity contribution in [3.8, 4) is 0 Å². The second kappa shape index (κ2) is 4.42. The normalized spacial score (nSPS) is 13.7. The van der Waals surface area contributed by atoms with Crippen LogP contribution in [-0.4, -0.2) is 22.6 Å². The summed E-state index contributed by atoms with van der Waals surface area (Å²) in [4.78, 5) is 18.5. The van der Waals surface area contributed by atoms with E-state index >= 15 is 0 Å². The number of carboxylic acids is 1. The first-order valence-electron chi connectivity index (χ1n) is 5.72. The molecule has 92 valence electrons. The number of carbonyl (C=O) groups is 1. The highest BCUT2D eigenvalue weighted by Crippen LogP contribution is 2.30. The molecule has 0 amide bonds. The van der Waals surface area contributed by atoms with E-state index in [9.17, 15) is 4.79 Å². The van der Waals surface area contributed by atoms with Gasteiger partial charge in [0.05, 0.1) is 17.6 Å². The predicted molar refractivity (Wildman–Crippen MR) is 70.3 cm³/mol. The lowest BCUT2D eigenvalue weighted by molar-refractivity contribution is 0.0697. The Hall–Kier alpha value is -1.88. The van der Waals surface area contributed by atoms with Crippen LogP contribution in [0.2, 0.25) is 0 Å². The topological polar surface area (TPSA) is 53.4 Å². The van der Waals surface area contributed by atoms with Gasteiger partial charge in [-0.2, -0.15) is 0 Å². The van der Waals surface area contributed by atoms with Crippen molar-refractivity contribution in [3.63, 3.8) is 0 Å². The van der Waals surface area contributed by atoms with Gasteiger partial charge in [-0.25, -0.2) is 4.79 Å². The fourth-order valence-corrected chi connectivity index (χ4v) is 2.88. The molecule has 1 aliphatic heterocycles. The van der Waals surface area contributed by atoms with E-state index in [2.05, 4.69) is 9.88 Å². The van der Waals surface area contributed by atoms with Crippen molar-refractivity contribution in [2.24, 2.45) is 0 Å². The lowest BCUT2D eigenvalue weighted by Crippen LogP contribution is -2.18. The van der Waals surface area contributed by atoms with Crippen LogP contribution in [-0.2, 0) is 13.0 Å². The predicted octanol–water partition coefficient (Wildman–Crippen LogP) is 2.40. The molecule has 5 heteroatoms. The van der Waals surface area contributed by atoms with E-state index in [4.69, 9.17) is 5.11 Å². The van der Waals surface area contributed by atoms with Gasteiger partial charge in [0.25, 0.3) is 0 Å². The van der Waals surface area contributed by atoms with Crippen LogP contribution >= 0.6 is 11.3 Å². The highest BCUT2D eigenvalue weighted by Gasteiger charge is 2.20. The van der Waals surface area contributed by atoms with Gasteiger partial charge in [-0.05, 0) is 30.2 Å². The van der Waals surface area contributed by atoms with E-state index < -0.39 is 5.97 Å². The van der Waals surface area contributed by atoms with Crippen LogP contribution in [0.5, 0.6) is 0 Å². The van der Waals surface area contributed by atoms with E-state index in [0.717, 1.165) is 30.8 Å². The van der Waals surface area contributed by atoms with Gasteiger partial charge in [-0.15, -0.1) is 11.3 Å². The number of aromatic carboxylic acids is 1. The Kier molecular flexibility index (Phi) is 2.76. The number of rotatable bonds is 3. The van der Waals surface area contributed by atoms with Crippen molar-refractivity contribution in [3.05, 3.63) is 45.9 Å².